The van der Waals surface area contributed by atoms with Crippen molar-refractivity contribution in [2.24, 2.45) is 11.7 Å². The average Bonchev–Trinajstić information content (AvgIpc) is 2.69. The number of aromatic nitrogens is 1. The smallest absolute Gasteiger partial charge is 0.227 e. The second-order valence-electron chi connectivity index (χ2n) is 4.49. The van der Waals surface area contributed by atoms with E-state index in [0.717, 1.165) is 23.9 Å². The quantitative estimate of drug-likeness (QED) is 0.861. The molecule has 1 heterocycles. The second kappa shape index (κ2) is 5.60. The highest BCUT2D eigenvalue weighted by Gasteiger charge is 2.21. The summed E-state index contributed by atoms with van der Waals surface area (Å²) in [6, 6.07) is 0. The van der Waals surface area contributed by atoms with E-state index < -0.39 is 0 Å². The highest BCUT2D eigenvalue weighted by atomic mass is 32.1. The Balaban J connectivity index is 2.02. The first-order chi connectivity index (χ1) is 8.22. The first kappa shape index (κ1) is 12.5. The number of fused-ring (bicyclic) bond motifs is 1. The number of amides is 1. The van der Waals surface area contributed by atoms with Crippen molar-refractivity contribution >= 4 is 22.4 Å². The van der Waals surface area contributed by atoms with Crippen molar-refractivity contribution in [3.8, 4) is 0 Å². The number of thiazole rings is 1. The Morgan fingerprint density at radius 2 is 2.47 bits per heavy atom. The third-order valence-corrected chi connectivity index (χ3v) is 4.27. The summed E-state index contributed by atoms with van der Waals surface area (Å²) in [6.07, 6.45) is 4.99. The number of aryl methyl sites for hydroxylation is 1. The molecule has 1 aromatic heterocycles. The van der Waals surface area contributed by atoms with Gasteiger partial charge in [0, 0.05) is 17.8 Å². The number of hydrogen-bond acceptors (Lipinski definition) is 4. The summed E-state index contributed by atoms with van der Waals surface area (Å²) in [7, 11) is 0. The summed E-state index contributed by atoms with van der Waals surface area (Å²) in [4.78, 5) is 17.3. The Morgan fingerprint density at radius 1 is 1.65 bits per heavy atom. The van der Waals surface area contributed by atoms with Gasteiger partial charge in [-0.05, 0) is 25.2 Å². The van der Waals surface area contributed by atoms with Crippen LogP contribution in [0.15, 0.2) is 0 Å². The molecule has 0 saturated carbocycles. The molecule has 17 heavy (non-hydrogen) atoms. The predicted molar refractivity (Wildman–Crippen MR) is 70.2 cm³/mol. The lowest BCUT2D eigenvalue weighted by molar-refractivity contribution is -0.116. The van der Waals surface area contributed by atoms with Crippen LogP contribution in [0.5, 0.6) is 0 Å². The third kappa shape index (κ3) is 3.04. The van der Waals surface area contributed by atoms with Crippen LogP contribution < -0.4 is 11.1 Å². The lowest BCUT2D eigenvalue weighted by Gasteiger charge is -2.18. The van der Waals surface area contributed by atoms with Crippen LogP contribution in [0.3, 0.4) is 0 Å². The molecule has 1 unspecified atom stereocenters. The summed E-state index contributed by atoms with van der Waals surface area (Å²) in [6.45, 7) is 2.62. The number of anilines is 1. The van der Waals surface area contributed by atoms with E-state index >= 15 is 0 Å². The number of nitrogens with two attached hydrogens (primary N) is 1. The molecule has 0 aliphatic heterocycles. The van der Waals surface area contributed by atoms with Crippen molar-refractivity contribution in [2.45, 2.75) is 39.0 Å². The fourth-order valence-electron chi connectivity index (χ4n) is 2.16. The maximum Gasteiger partial charge on any atom is 0.227 e. The number of carbonyl (C=O) groups excluding carboxylic acids is 1. The minimum Gasteiger partial charge on any atom is -0.330 e. The van der Waals surface area contributed by atoms with Crippen LogP contribution in [0.25, 0.3) is 0 Å². The summed E-state index contributed by atoms with van der Waals surface area (Å²) in [5.41, 5.74) is 6.52. The molecule has 4 nitrogen and oxygen atoms in total. The molecule has 0 fully saturated rings. The zero-order valence-electron chi connectivity index (χ0n) is 10.2. The SMILES string of the molecule is CCC1CCc2nc(NC(=O)CCN)sc2C1. The Bertz CT molecular complexity index is 402. The van der Waals surface area contributed by atoms with Crippen molar-refractivity contribution in [2.75, 3.05) is 11.9 Å². The van der Waals surface area contributed by atoms with Gasteiger partial charge in [-0.1, -0.05) is 13.3 Å². The van der Waals surface area contributed by atoms with E-state index in [0.29, 0.717) is 13.0 Å². The third-order valence-electron chi connectivity index (χ3n) is 3.24. The second-order valence-corrected chi connectivity index (χ2v) is 5.58. The van der Waals surface area contributed by atoms with Gasteiger partial charge in [-0.15, -0.1) is 11.3 Å². The van der Waals surface area contributed by atoms with Gasteiger partial charge in [0.15, 0.2) is 5.13 Å². The molecule has 1 amide bonds. The van der Waals surface area contributed by atoms with E-state index in [1.54, 1.807) is 11.3 Å². The van der Waals surface area contributed by atoms with E-state index in [4.69, 9.17) is 5.73 Å². The van der Waals surface area contributed by atoms with Crippen LogP contribution in [-0.2, 0) is 17.6 Å². The Labute approximate surface area is 106 Å². The molecule has 1 aromatic rings. The fourth-order valence-corrected chi connectivity index (χ4v) is 3.30. The van der Waals surface area contributed by atoms with Crippen LogP contribution >= 0.6 is 11.3 Å². The summed E-state index contributed by atoms with van der Waals surface area (Å²) in [5, 5.41) is 3.56. The molecule has 5 heteroatoms. The van der Waals surface area contributed by atoms with Gasteiger partial charge in [-0.3, -0.25) is 4.79 Å². The summed E-state index contributed by atoms with van der Waals surface area (Å²) >= 11 is 1.62. The van der Waals surface area contributed by atoms with E-state index in [1.807, 2.05) is 0 Å². The zero-order chi connectivity index (χ0) is 12.3. The Kier molecular flexibility index (Phi) is 4.12. The average molecular weight is 253 g/mol. The van der Waals surface area contributed by atoms with Crippen LogP contribution in [0, 0.1) is 5.92 Å². The molecular formula is C12H19N3OS. The Morgan fingerprint density at radius 3 is 3.18 bits per heavy atom. The minimum atomic E-state index is -0.0364. The maximum absolute atomic E-state index is 11.4. The molecule has 1 atom stereocenters. The number of hydrogen-bond donors (Lipinski definition) is 2. The normalized spacial score (nSPS) is 18.8. The highest BCUT2D eigenvalue weighted by Crippen LogP contribution is 2.33. The van der Waals surface area contributed by atoms with Crippen molar-refractivity contribution in [1.29, 1.82) is 0 Å². The van der Waals surface area contributed by atoms with E-state index in [2.05, 4.69) is 17.2 Å². The largest absolute Gasteiger partial charge is 0.330 e. The van der Waals surface area contributed by atoms with Crippen molar-refractivity contribution in [1.82, 2.24) is 4.98 Å². The summed E-state index contributed by atoms with van der Waals surface area (Å²) in [5.74, 6) is 0.751. The monoisotopic (exact) mass is 253 g/mol. The van der Waals surface area contributed by atoms with E-state index in [-0.39, 0.29) is 5.91 Å². The van der Waals surface area contributed by atoms with Crippen molar-refractivity contribution in [3.63, 3.8) is 0 Å². The first-order valence-electron chi connectivity index (χ1n) is 6.21. The van der Waals surface area contributed by atoms with Crippen LogP contribution in [0.4, 0.5) is 5.13 Å². The van der Waals surface area contributed by atoms with Gasteiger partial charge in [-0.25, -0.2) is 4.98 Å². The van der Waals surface area contributed by atoms with Gasteiger partial charge in [0.05, 0.1) is 5.69 Å². The number of carbonyl (C=O) groups is 1. The van der Waals surface area contributed by atoms with Gasteiger partial charge in [-0.2, -0.15) is 0 Å². The molecule has 0 aromatic carbocycles. The van der Waals surface area contributed by atoms with Gasteiger partial charge in [0.25, 0.3) is 0 Å². The first-order valence-corrected chi connectivity index (χ1v) is 7.03. The lowest BCUT2D eigenvalue weighted by Crippen LogP contribution is -2.16. The molecule has 0 bridgehead atoms. The number of nitrogens with one attached hydrogen (secondary N) is 1. The van der Waals surface area contributed by atoms with Gasteiger partial charge < -0.3 is 11.1 Å². The molecule has 94 valence electrons. The van der Waals surface area contributed by atoms with Crippen LogP contribution in [0.2, 0.25) is 0 Å². The van der Waals surface area contributed by atoms with Gasteiger partial charge in [0.2, 0.25) is 5.91 Å². The maximum atomic E-state index is 11.4. The molecule has 1 aliphatic rings. The molecule has 0 radical (unpaired) electrons. The molecular weight excluding hydrogens is 234 g/mol. The molecule has 0 saturated heterocycles. The standard InChI is InChI=1S/C12H19N3OS/c1-2-8-3-4-9-10(7-8)17-12(14-9)15-11(16)5-6-13/h8H,2-7,13H2,1H3,(H,14,15,16). The topological polar surface area (TPSA) is 68.0 Å². The predicted octanol–water partition coefficient (Wildman–Crippen LogP) is 1.95. The number of rotatable bonds is 4. The molecule has 0 spiro atoms. The van der Waals surface area contributed by atoms with Crippen molar-refractivity contribution < 1.29 is 4.79 Å². The van der Waals surface area contributed by atoms with E-state index in [1.165, 1.54) is 23.4 Å². The van der Waals surface area contributed by atoms with E-state index in [9.17, 15) is 4.79 Å². The molecule has 1 aliphatic carbocycles. The molecule has 3 N–H and O–H groups in total. The highest BCUT2D eigenvalue weighted by molar-refractivity contribution is 7.15. The lowest BCUT2D eigenvalue weighted by atomic mass is 9.89. The van der Waals surface area contributed by atoms with Crippen LogP contribution in [0.1, 0.15) is 36.8 Å². The fraction of sp³-hybridized carbons (Fsp3) is 0.667. The van der Waals surface area contributed by atoms with Crippen molar-refractivity contribution in [3.05, 3.63) is 10.6 Å². The summed E-state index contributed by atoms with van der Waals surface area (Å²) < 4.78 is 0. The Hall–Kier alpha value is -0.940. The zero-order valence-corrected chi connectivity index (χ0v) is 11.0. The van der Waals surface area contributed by atoms with Gasteiger partial charge in [0.1, 0.15) is 0 Å². The molecule has 2 rings (SSSR count). The minimum absolute atomic E-state index is 0.0364. The van der Waals surface area contributed by atoms with Gasteiger partial charge >= 0.3 is 0 Å². The van der Waals surface area contributed by atoms with Crippen LogP contribution in [-0.4, -0.2) is 17.4 Å². The number of nitrogens with zero attached hydrogens (tertiary/aromatic N) is 1.